The van der Waals surface area contributed by atoms with E-state index < -0.39 is 0 Å². The van der Waals surface area contributed by atoms with Gasteiger partial charge in [0.15, 0.2) is 0 Å². The predicted molar refractivity (Wildman–Crippen MR) is 67.1 cm³/mol. The Balaban J connectivity index is 1.48. The third kappa shape index (κ3) is 2.81. The lowest BCUT2D eigenvalue weighted by atomic mass is 10.1. The van der Waals surface area contributed by atoms with Gasteiger partial charge in [0.25, 0.3) is 0 Å². The van der Waals surface area contributed by atoms with Gasteiger partial charge in [0.2, 0.25) is 5.91 Å². The van der Waals surface area contributed by atoms with E-state index in [0.717, 1.165) is 25.2 Å². The molecule has 3 rings (SSSR count). The summed E-state index contributed by atoms with van der Waals surface area (Å²) in [5.74, 6) is 1.16. The molecule has 1 N–H and O–H groups in total. The summed E-state index contributed by atoms with van der Waals surface area (Å²) < 4.78 is 3.76. The van der Waals surface area contributed by atoms with Gasteiger partial charge in [-0.05, 0) is 6.42 Å². The maximum absolute atomic E-state index is 11.9. The number of imidazole rings is 1. The molecule has 0 saturated heterocycles. The molecule has 7 nitrogen and oxygen atoms in total. The zero-order valence-electron chi connectivity index (χ0n) is 10.6. The molecule has 2 aromatic heterocycles. The summed E-state index contributed by atoms with van der Waals surface area (Å²) in [5, 5.41) is 7.03. The summed E-state index contributed by atoms with van der Waals surface area (Å²) in [6.45, 7) is 1.37. The number of aromatic nitrogens is 5. The molecule has 0 saturated carbocycles. The fourth-order valence-electron chi connectivity index (χ4n) is 2.35. The lowest BCUT2D eigenvalue weighted by molar-refractivity contribution is -0.122. The third-order valence-electron chi connectivity index (χ3n) is 3.33. The standard InChI is InChI=1S/C12H16N6O/c19-12(3-5-18-9-13-8-15-18)16-10-1-2-11-14-4-6-17(11)7-10/h4,6,8-10H,1-3,5,7H2,(H,16,19). The molecule has 2 aromatic rings. The number of rotatable bonds is 4. The highest BCUT2D eigenvalue weighted by Crippen LogP contribution is 2.13. The number of fused-ring (bicyclic) bond motifs is 1. The SMILES string of the molecule is O=C(CCn1cncn1)NC1CCc2nccn2C1. The highest BCUT2D eigenvalue weighted by Gasteiger charge is 2.19. The Hall–Kier alpha value is -2.18. The van der Waals surface area contributed by atoms with Crippen LogP contribution in [0, 0.1) is 0 Å². The summed E-state index contributed by atoms with van der Waals surface area (Å²) in [6.07, 6.45) is 9.16. The van der Waals surface area contributed by atoms with Crippen molar-refractivity contribution in [2.75, 3.05) is 0 Å². The molecule has 0 radical (unpaired) electrons. The quantitative estimate of drug-likeness (QED) is 0.839. The molecule has 1 unspecified atom stereocenters. The first-order chi connectivity index (χ1) is 9.31. The van der Waals surface area contributed by atoms with Crippen molar-refractivity contribution >= 4 is 5.91 Å². The number of hydrogen-bond acceptors (Lipinski definition) is 4. The number of carbonyl (C=O) groups is 1. The largest absolute Gasteiger partial charge is 0.352 e. The van der Waals surface area contributed by atoms with E-state index in [1.54, 1.807) is 11.0 Å². The molecule has 3 heterocycles. The molecular formula is C12H16N6O. The molecule has 1 amide bonds. The van der Waals surface area contributed by atoms with Gasteiger partial charge in [-0.2, -0.15) is 5.10 Å². The summed E-state index contributed by atoms with van der Waals surface area (Å²) >= 11 is 0. The van der Waals surface area contributed by atoms with Crippen molar-refractivity contribution in [3.8, 4) is 0 Å². The molecule has 0 fully saturated rings. The van der Waals surface area contributed by atoms with E-state index in [0.29, 0.717) is 13.0 Å². The van der Waals surface area contributed by atoms with Crippen LogP contribution in [0.5, 0.6) is 0 Å². The molecule has 1 aliphatic heterocycles. The molecule has 0 bridgehead atoms. The van der Waals surface area contributed by atoms with Gasteiger partial charge >= 0.3 is 0 Å². The Morgan fingerprint density at radius 2 is 2.47 bits per heavy atom. The Labute approximate surface area is 110 Å². The number of nitrogens with zero attached hydrogens (tertiary/aromatic N) is 5. The minimum atomic E-state index is 0.0593. The van der Waals surface area contributed by atoms with Crippen molar-refractivity contribution in [3.63, 3.8) is 0 Å². The van der Waals surface area contributed by atoms with Crippen LogP contribution in [0.25, 0.3) is 0 Å². The van der Waals surface area contributed by atoms with E-state index in [1.165, 1.54) is 6.33 Å². The van der Waals surface area contributed by atoms with Crippen LogP contribution in [-0.4, -0.2) is 36.3 Å². The Morgan fingerprint density at radius 1 is 1.53 bits per heavy atom. The van der Waals surface area contributed by atoms with Crippen molar-refractivity contribution in [3.05, 3.63) is 30.9 Å². The van der Waals surface area contributed by atoms with Crippen LogP contribution < -0.4 is 5.32 Å². The molecule has 1 aliphatic rings. The molecule has 100 valence electrons. The first-order valence-electron chi connectivity index (χ1n) is 6.43. The van der Waals surface area contributed by atoms with Gasteiger partial charge in [-0.3, -0.25) is 9.48 Å². The number of aryl methyl sites for hydroxylation is 2. The van der Waals surface area contributed by atoms with Crippen molar-refractivity contribution < 1.29 is 4.79 Å². The Morgan fingerprint density at radius 3 is 3.32 bits per heavy atom. The van der Waals surface area contributed by atoms with Gasteiger partial charge in [-0.1, -0.05) is 0 Å². The van der Waals surface area contributed by atoms with E-state index in [4.69, 9.17) is 0 Å². The van der Waals surface area contributed by atoms with Crippen LogP contribution in [0.15, 0.2) is 25.0 Å². The van der Waals surface area contributed by atoms with Crippen molar-refractivity contribution in [1.29, 1.82) is 0 Å². The fourth-order valence-corrected chi connectivity index (χ4v) is 2.35. The smallest absolute Gasteiger partial charge is 0.222 e. The van der Waals surface area contributed by atoms with E-state index >= 15 is 0 Å². The van der Waals surface area contributed by atoms with Crippen LogP contribution in [0.4, 0.5) is 0 Å². The van der Waals surface area contributed by atoms with E-state index in [9.17, 15) is 4.79 Å². The van der Waals surface area contributed by atoms with Gasteiger partial charge in [0, 0.05) is 37.8 Å². The number of nitrogens with one attached hydrogen (secondary N) is 1. The maximum atomic E-state index is 11.9. The molecule has 0 spiro atoms. The summed E-state index contributed by atoms with van der Waals surface area (Å²) in [4.78, 5) is 20.0. The van der Waals surface area contributed by atoms with Crippen molar-refractivity contribution in [2.24, 2.45) is 0 Å². The van der Waals surface area contributed by atoms with E-state index in [2.05, 4.69) is 25.0 Å². The van der Waals surface area contributed by atoms with Gasteiger partial charge in [0.1, 0.15) is 18.5 Å². The van der Waals surface area contributed by atoms with Crippen molar-refractivity contribution in [1.82, 2.24) is 29.6 Å². The second-order valence-corrected chi connectivity index (χ2v) is 4.71. The molecule has 19 heavy (non-hydrogen) atoms. The average Bonchev–Trinajstić information content (AvgIpc) is 3.07. The predicted octanol–water partition coefficient (Wildman–Crippen LogP) is -0.00410. The minimum Gasteiger partial charge on any atom is -0.352 e. The Bertz CT molecular complexity index is 546. The second kappa shape index (κ2) is 5.21. The van der Waals surface area contributed by atoms with Crippen LogP contribution in [0.3, 0.4) is 0 Å². The molecule has 7 heteroatoms. The van der Waals surface area contributed by atoms with Gasteiger partial charge in [0.05, 0.1) is 6.54 Å². The van der Waals surface area contributed by atoms with Crippen LogP contribution >= 0.6 is 0 Å². The zero-order valence-corrected chi connectivity index (χ0v) is 10.6. The first kappa shape index (κ1) is 11.9. The van der Waals surface area contributed by atoms with Crippen LogP contribution in [0.1, 0.15) is 18.7 Å². The zero-order chi connectivity index (χ0) is 13.1. The average molecular weight is 260 g/mol. The van der Waals surface area contributed by atoms with Gasteiger partial charge < -0.3 is 9.88 Å². The lowest BCUT2D eigenvalue weighted by Crippen LogP contribution is -2.41. The number of hydrogen-bond donors (Lipinski definition) is 1. The normalized spacial score (nSPS) is 18.0. The van der Waals surface area contributed by atoms with E-state index in [-0.39, 0.29) is 11.9 Å². The summed E-state index contributed by atoms with van der Waals surface area (Å²) in [5.41, 5.74) is 0. The second-order valence-electron chi connectivity index (χ2n) is 4.71. The monoisotopic (exact) mass is 260 g/mol. The molecule has 1 atom stereocenters. The molecule has 0 aromatic carbocycles. The van der Waals surface area contributed by atoms with E-state index in [1.807, 2.05) is 12.4 Å². The minimum absolute atomic E-state index is 0.0593. The van der Waals surface area contributed by atoms with Gasteiger partial charge in [-0.25, -0.2) is 9.97 Å². The Kier molecular flexibility index (Phi) is 3.26. The van der Waals surface area contributed by atoms with Crippen LogP contribution in [-0.2, 0) is 24.3 Å². The topological polar surface area (TPSA) is 77.6 Å². The summed E-state index contributed by atoms with van der Waals surface area (Å²) in [7, 11) is 0. The fraction of sp³-hybridized carbons (Fsp3) is 0.500. The lowest BCUT2D eigenvalue weighted by Gasteiger charge is -2.24. The third-order valence-corrected chi connectivity index (χ3v) is 3.33. The highest BCUT2D eigenvalue weighted by molar-refractivity contribution is 5.76. The number of amides is 1. The number of carbonyl (C=O) groups excluding carboxylic acids is 1. The highest BCUT2D eigenvalue weighted by atomic mass is 16.1. The summed E-state index contributed by atoms with van der Waals surface area (Å²) in [6, 6.07) is 0.199. The van der Waals surface area contributed by atoms with Gasteiger partial charge in [-0.15, -0.1) is 0 Å². The first-order valence-corrected chi connectivity index (χ1v) is 6.43. The molecular weight excluding hydrogens is 244 g/mol. The molecule has 0 aliphatic carbocycles. The van der Waals surface area contributed by atoms with Crippen LogP contribution in [0.2, 0.25) is 0 Å². The maximum Gasteiger partial charge on any atom is 0.222 e. The van der Waals surface area contributed by atoms with Crippen molar-refractivity contribution in [2.45, 2.75) is 38.4 Å².